The van der Waals surface area contributed by atoms with Crippen LogP contribution in [0.25, 0.3) is 117 Å². The van der Waals surface area contributed by atoms with Gasteiger partial charge in [-0.1, -0.05) is 220 Å². The van der Waals surface area contributed by atoms with Crippen molar-refractivity contribution in [3.05, 3.63) is 223 Å². The topological polar surface area (TPSA) is 60.8 Å². The van der Waals surface area contributed by atoms with E-state index in [1.54, 1.807) is 0 Å². The Morgan fingerprint density at radius 2 is 1.06 bits per heavy atom. The maximum absolute atomic E-state index is 12.8. The molecule has 8 heteroatoms. The maximum atomic E-state index is 12.8. The molecule has 6 nitrogen and oxygen atoms in total. The standard InChI is InChI=1S/C75H70N5OSi.Pt/c1-73(2,3)50-41-48(40-49(42-50)69-68-58-29-20-22-32-63(58)79(65(68)38-39-76-69)53-34-36-57-56-28-19-21-31-62(56)78(67(57)45-53)52-26-17-14-18-27-52)55-30-23-33-66-70(55)77-72(60-43-51(74(4,5)6)44-61(71(60)81)75(7,8)9)80(66)64-37-35-54(82(10,11)12)46-59(64)47-24-15-13-16-25-47;/h13-39,41-46,81H,1-12H3;/q-1;. The van der Waals surface area contributed by atoms with E-state index in [0.717, 1.165) is 106 Å². The largest absolute Gasteiger partial charge is 0.507 e. The molecule has 4 heterocycles. The van der Waals surface area contributed by atoms with Gasteiger partial charge in [0.15, 0.2) is 0 Å². The molecular formula is C75H70N5OPtSi-. The predicted octanol–water partition coefficient (Wildman–Crippen LogP) is 19.2. The zero-order valence-electron chi connectivity index (χ0n) is 49.6. The first-order valence-electron chi connectivity index (χ1n) is 28.8. The summed E-state index contributed by atoms with van der Waals surface area (Å²) in [6.45, 7) is 27.3. The van der Waals surface area contributed by atoms with Gasteiger partial charge in [-0.25, -0.2) is 4.98 Å². The maximum Gasteiger partial charge on any atom is 0.148 e. The van der Waals surface area contributed by atoms with Crippen molar-refractivity contribution in [2.45, 2.75) is 98.2 Å². The van der Waals surface area contributed by atoms with Crippen molar-refractivity contribution in [2.24, 2.45) is 0 Å². The fraction of sp³-hybridized carbons (Fsp3) is 0.200. The van der Waals surface area contributed by atoms with E-state index in [-0.39, 0.29) is 43.1 Å². The molecule has 0 aliphatic rings. The summed E-state index contributed by atoms with van der Waals surface area (Å²) >= 11 is 0. The molecule has 0 aliphatic heterocycles. The van der Waals surface area contributed by atoms with Crippen LogP contribution in [0.4, 0.5) is 0 Å². The van der Waals surface area contributed by atoms with E-state index in [1.165, 1.54) is 21.5 Å². The van der Waals surface area contributed by atoms with Gasteiger partial charge < -0.3 is 14.2 Å². The zero-order valence-corrected chi connectivity index (χ0v) is 52.8. The molecule has 0 amide bonds. The van der Waals surface area contributed by atoms with Crippen LogP contribution < -0.4 is 5.19 Å². The number of pyridine rings is 1. The van der Waals surface area contributed by atoms with Gasteiger partial charge in [-0.15, -0.1) is 29.3 Å². The third-order valence-electron chi connectivity index (χ3n) is 16.7. The molecule has 0 saturated carbocycles. The Kier molecular flexibility index (Phi) is 13.6. The molecule has 0 fully saturated rings. The van der Waals surface area contributed by atoms with Crippen LogP contribution in [-0.2, 0) is 37.3 Å². The first kappa shape index (κ1) is 55.4. The normalized spacial score (nSPS) is 12.5. The first-order chi connectivity index (χ1) is 39.1. The molecule has 0 spiro atoms. The van der Waals surface area contributed by atoms with Gasteiger partial charge in [0.1, 0.15) is 11.6 Å². The van der Waals surface area contributed by atoms with Crippen LogP contribution >= 0.6 is 0 Å². The Morgan fingerprint density at radius 1 is 0.458 bits per heavy atom. The minimum Gasteiger partial charge on any atom is -0.507 e. The van der Waals surface area contributed by atoms with Crippen molar-refractivity contribution in [2.75, 3.05) is 0 Å². The Hall–Kier alpha value is -8.09. The van der Waals surface area contributed by atoms with E-state index in [9.17, 15) is 5.11 Å². The molecule has 4 aromatic heterocycles. The van der Waals surface area contributed by atoms with E-state index in [4.69, 9.17) is 9.97 Å². The number of para-hydroxylation sites is 4. The second-order valence-corrected chi connectivity index (χ2v) is 31.5. The molecule has 1 N–H and O–H groups in total. The molecule has 13 rings (SSSR count). The average molecular weight is 1280 g/mol. The van der Waals surface area contributed by atoms with E-state index < -0.39 is 8.07 Å². The summed E-state index contributed by atoms with van der Waals surface area (Å²) in [5, 5.41) is 18.8. The number of hydrogen-bond acceptors (Lipinski definition) is 3. The van der Waals surface area contributed by atoms with Crippen molar-refractivity contribution >= 4 is 67.9 Å². The van der Waals surface area contributed by atoms with Crippen LogP contribution in [0.5, 0.6) is 5.75 Å². The fourth-order valence-corrected chi connectivity index (χ4v) is 13.4. The Balaban J connectivity index is 0.00000680. The van der Waals surface area contributed by atoms with Crippen molar-refractivity contribution in [3.63, 3.8) is 0 Å². The number of benzene rings is 9. The third kappa shape index (κ3) is 9.56. The molecular weight excluding hydrogens is 1210 g/mol. The number of imidazole rings is 1. The summed E-state index contributed by atoms with van der Waals surface area (Å²) in [5.74, 6) is 0.933. The number of phenolic OH excluding ortho intramolecular Hbond substituents is 1. The summed E-state index contributed by atoms with van der Waals surface area (Å²) < 4.78 is 7.10. The van der Waals surface area contributed by atoms with Gasteiger partial charge in [-0.05, 0) is 88.0 Å². The third-order valence-corrected chi connectivity index (χ3v) is 18.7. The van der Waals surface area contributed by atoms with Crippen molar-refractivity contribution in [3.8, 4) is 67.7 Å². The molecule has 0 radical (unpaired) electrons. The molecule has 9 aromatic carbocycles. The van der Waals surface area contributed by atoms with Crippen LogP contribution in [0.3, 0.4) is 0 Å². The van der Waals surface area contributed by atoms with Crippen LogP contribution in [0, 0.1) is 6.07 Å². The summed E-state index contributed by atoms with van der Waals surface area (Å²) in [6, 6.07) is 74.4. The van der Waals surface area contributed by atoms with Crippen LogP contribution in [0.2, 0.25) is 19.6 Å². The first-order valence-corrected chi connectivity index (χ1v) is 32.3. The molecule has 0 bridgehead atoms. The van der Waals surface area contributed by atoms with Gasteiger partial charge in [-0.3, -0.25) is 9.55 Å². The minimum atomic E-state index is -1.77. The number of aromatic hydroxyl groups is 1. The van der Waals surface area contributed by atoms with Gasteiger partial charge in [0.05, 0.1) is 52.4 Å². The van der Waals surface area contributed by atoms with Crippen LogP contribution in [-0.4, -0.2) is 36.8 Å². The molecule has 0 unspecified atom stereocenters. The predicted molar refractivity (Wildman–Crippen MR) is 349 cm³/mol. The quantitative estimate of drug-likeness (QED) is 0.122. The number of aromatic nitrogens is 5. The average Bonchev–Trinajstić information content (AvgIpc) is 2.80. The monoisotopic (exact) mass is 1280 g/mol. The van der Waals surface area contributed by atoms with Crippen molar-refractivity contribution in [1.29, 1.82) is 0 Å². The number of rotatable bonds is 8. The zero-order chi connectivity index (χ0) is 57.2. The van der Waals surface area contributed by atoms with Crippen LogP contribution in [0.15, 0.2) is 200 Å². The van der Waals surface area contributed by atoms with E-state index in [1.807, 2.05) is 6.20 Å². The fourth-order valence-electron chi connectivity index (χ4n) is 12.2. The SMILES string of the molecule is CC(C)(C)c1cc(-c2cccc3c2nc(-c2cc(C(C)(C)C)cc(C(C)(C)C)c2O)n3-c2ccc([Si](C)(C)C)cc2-c2ccccc2)[c-]c(-c2nccc3c2c2ccccc2n3-c2ccc3c4ccccc4n(-c4ccccc4)c3c2)c1.[Pt]. The smallest absolute Gasteiger partial charge is 0.148 e. The molecule has 83 heavy (non-hydrogen) atoms. The van der Waals surface area contributed by atoms with Gasteiger partial charge in [0.2, 0.25) is 0 Å². The number of fused-ring (bicyclic) bond motifs is 7. The second kappa shape index (κ2) is 20.4. The van der Waals surface area contributed by atoms with Gasteiger partial charge in [0, 0.05) is 77.0 Å². The molecule has 13 aromatic rings. The summed E-state index contributed by atoms with van der Waals surface area (Å²) in [7, 11) is -1.77. The van der Waals surface area contributed by atoms with Crippen molar-refractivity contribution < 1.29 is 26.2 Å². The minimum absolute atomic E-state index is 0. The summed E-state index contributed by atoms with van der Waals surface area (Å²) in [4.78, 5) is 11.1. The van der Waals surface area contributed by atoms with E-state index >= 15 is 0 Å². The van der Waals surface area contributed by atoms with Gasteiger partial charge in [0.25, 0.3) is 0 Å². The van der Waals surface area contributed by atoms with E-state index in [2.05, 4.69) is 296 Å². The molecule has 416 valence electrons. The summed E-state index contributed by atoms with van der Waals surface area (Å²) in [5.41, 5.74) is 18.4. The van der Waals surface area contributed by atoms with Crippen molar-refractivity contribution in [1.82, 2.24) is 23.7 Å². The van der Waals surface area contributed by atoms with Crippen LogP contribution in [0.1, 0.15) is 79.0 Å². The number of hydrogen-bond donors (Lipinski definition) is 1. The number of nitrogens with zero attached hydrogens (tertiary/aromatic N) is 5. The van der Waals surface area contributed by atoms with Gasteiger partial charge in [-0.2, -0.15) is 0 Å². The molecule has 0 saturated heterocycles. The Labute approximate surface area is 503 Å². The Morgan fingerprint density at radius 3 is 1.75 bits per heavy atom. The number of phenols is 1. The molecule has 0 aliphatic carbocycles. The Bertz CT molecular complexity index is 4670. The van der Waals surface area contributed by atoms with E-state index in [0.29, 0.717) is 11.4 Å². The van der Waals surface area contributed by atoms with Gasteiger partial charge >= 0.3 is 0 Å². The summed E-state index contributed by atoms with van der Waals surface area (Å²) in [6.07, 6.45) is 1.96. The second-order valence-electron chi connectivity index (χ2n) is 26.5. The molecule has 0 atom stereocenters.